The van der Waals surface area contributed by atoms with Gasteiger partial charge in [0.05, 0.1) is 34.3 Å². The Hall–Kier alpha value is -7.19. The molecule has 85 heavy (non-hydrogen) atoms. The number of nitrogens with zero attached hydrogens (tertiary/aromatic N) is 2. The minimum atomic E-state index is -1.61. The maximum Gasteiger partial charge on any atom is 0.0775 e. The molecule has 12 aromatic rings. The predicted octanol–water partition coefficient (Wildman–Crippen LogP) is 22.7. The molecule has 0 aliphatic heterocycles. The second-order valence-corrected chi connectivity index (χ2v) is 40.3. The molecule has 0 bridgehead atoms. The van der Waals surface area contributed by atoms with E-state index in [0.717, 1.165) is 28.5 Å². The zero-order valence-corrected chi connectivity index (χ0v) is 55.4. The lowest BCUT2D eigenvalue weighted by Crippen LogP contribution is -2.40. The number of hydrogen-bond acceptors (Lipinski definition) is 4. The summed E-state index contributed by atoms with van der Waals surface area (Å²) in [6, 6.07) is 80.8. The van der Waals surface area contributed by atoms with Gasteiger partial charge in [0.1, 0.15) is 0 Å². The molecule has 0 N–H and O–H groups in total. The highest BCUT2D eigenvalue weighted by Gasteiger charge is 2.54. The number of rotatable bonds is 9. The van der Waals surface area contributed by atoms with Crippen molar-refractivity contribution in [1.82, 2.24) is 0 Å². The fourth-order valence-electron chi connectivity index (χ4n) is 14.5. The summed E-state index contributed by atoms with van der Waals surface area (Å²) >= 11 is 3.91. The van der Waals surface area contributed by atoms with Crippen LogP contribution in [0.3, 0.4) is 0 Å². The molecule has 0 radical (unpaired) electrons. The van der Waals surface area contributed by atoms with E-state index < -0.39 is 23.5 Å². The molecule has 0 saturated carbocycles. The molecule has 10 aromatic carbocycles. The van der Waals surface area contributed by atoms with Crippen LogP contribution in [0.2, 0.25) is 19.6 Å². The van der Waals surface area contributed by atoms with Gasteiger partial charge in [-0.3, -0.25) is 0 Å². The zero-order chi connectivity index (χ0) is 59.3. The molecule has 2 aliphatic rings. The van der Waals surface area contributed by atoms with Gasteiger partial charge in [0, 0.05) is 64.9 Å². The summed E-state index contributed by atoms with van der Waals surface area (Å²) < 4.78 is 5.35. The summed E-state index contributed by atoms with van der Waals surface area (Å²) in [5, 5.41) is 6.72. The average molecular weight is 1180 g/mol. The van der Waals surface area contributed by atoms with E-state index in [4.69, 9.17) is 0 Å². The summed E-state index contributed by atoms with van der Waals surface area (Å²) in [4.78, 5) is 5.16. The second-order valence-electron chi connectivity index (χ2n) is 28.7. The number of hydrogen-bond donors (Lipinski definition) is 0. The largest absolute Gasteiger partial charge is 0.309 e. The first-order chi connectivity index (χ1) is 40.4. The van der Waals surface area contributed by atoms with Crippen molar-refractivity contribution in [2.75, 3.05) is 28.6 Å². The maximum atomic E-state index is 2.60. The van der Waals surface area contributed by atoms with Crippen LogP contribution in [0.4, 0.5) is 34.1 Å². The minimum Gasteiger partial charge on any atom is -0.309 e. The van der Waals surface area contributed by atoms with E-state index in [1.165, 1.54) is 118 Å². The molecular weight excluding hydrogens is 1100 g/mol. The molecular formula is C79H78N2S3Si. The summed E-state index contributed by atoms with van der Waals surface area (Å²) in [5.74, 6) is 1.09. The van der Waals surface area contributed by atoms with Crippen LogP contribution < -0.4 is 15.0 Å². The van der Waals surface area contributed by atoms with Crippen molar-refractivity contribution in [2.24, 2.45) is 0 Å². The van der Waals surface area contributed by atoms with Crippen LogP contribution >= 0.6 is 32.7 Å². The van der Waals surface area contributed by atoms with Gasteiger partial charge in [-0.2, -0.15) is 0 Å². The van der Waals surface area contributed by atoms with Crippen molar-refractivity contribution in [3.8, 4) is 11.1 Å². The molecule has 2 nitrogen and oxygen atoms in total. The normalized spacial score (nSPS) is 14.7. The fourth-order valence-corrected chi connectivity index (χ4v) is 19.9. The lowest BCUT2D eigenvalue weighted by atomic mass is 9.55. The lowest BCUT2D eigenvalue weighted by molar-refractivity contribution is 0.563. The van der Waals surface area contributed by atoms with Gasteiger partial charge in [0.15, 0.2) is 0 Å². The van der Waals surface area contributed by atoms with Crippen LogP contribution in [-0.2, 0) is 27.4 Å². The van der Waals surface area contributed by atoms with Crippen LogP contribution in [0.5, 0.6) is 0 Å². The first kappa shape index (κ1) is 55.7. The molecule has 6 heteroatoms. The Kier molecular flexibility index (Phi) is 12.9. The van der Waals surface area contributed by atoms with Crippen molar-refractivity contribution in [2.45, 2.75) is 102 Å². The standard InChI is InChI=1S/C79H78N2S3Si/c1-76(2,3)66-31-19-23-58-60-25-21-33-70(74(60)82-72(58)66)80(51-37-35-50(36-38-51)49-84(9,10)11)53-41-45-56-57-46-42-54(48-69(57)79(68(56)47-53)64-29-17-15-27-62(64)78(7,8)63-28-16-18-30-65(63)79)81(52-39-43-55(44-40-52)85(12,13)14)71-34-22-26-61-59-24-20-32-67(77(4,5)6)73(59)83-75(61)71/h15-48H,49H2,1-14H3. The highest BCUT2D eigenvalue weighted by atomic mass is 32.3. The van der Waals surface area contributed by atoms with Crippen LogP contribution in [0, 0.1) is 0 Å². The van der Waals surface area contributed by atoms with Gasteiger partial charge >= 0.3 is 0 Å². The van der Waals surface area contributed by atoms with E-state index in [9.17, 15) is 0 Å². The molecule has 14 rings (SSSR count). The Balaban J connectivity index is 1.05. The summed E-state index contributed by atoms with van der Waals surface area (Å²) in [7, 11) is -2.38. The van der Waals surface area contributed by atoms with Gasteiger partial charge in [-0.25, -0.2) is 10.0 Å². The Morgan fingerprint density at radius 1 is 0.400 bits per heavy atom. The smallest absolute Gasteiger partial charge is 0.0775 e. The third-order valence-electron chi connectivity index (χ3n) is 18.5. The van der Waals surface area contributed by atoms with Crippen molar-refractivity contribution in [3.05, 3.63) is 256 Å². The molecule has 0 fully saturated rings. The van der Waals surface area contributed by atoms with E-state index in [1.54, 1.807) is 0 Å². The molecule has 1 spiro atoms. The van der Waals surface area contributed by atoms with Crippen molar-refractivity contribution in [1.29, 1.82) is 0 Å². The topological polar surface area (TPSA) is 6.48 Å². The Morgan fingerprint density at radius 3 is 1.18 bits per heavy atom. The van der Waals surface area contributed by atoms with Crippen molar-refractivity contribution < 1.29 is 0 Å². The Labute approximate surface area is 515 Å². The molecule has 426 valence electrons. The molecule has 2 aromatic heterocycles. The van der Waals surface area contributed by atoms with Gasteiger partial charge in [-0.05, 0) is 151 Å². The first-order valence-corrected chi connectivity index (χ1v) is 38.4. The SMILES string of the molecule is CC(C)(C)c1cccc2c1sc1c(N(c3ccc(CS(C)(C)C)cc3)c3ccc4c(c3)C3(c5cc(N(c6ccc([Si](C)(C)C)cc6)c6cccc7c6sc6c(C(C)(C)C)cccc67)ccc5-4)c4ccccc4C(C)(C)c4ccccc43)cccc12. The van der Waals surface area contributed by atoms with Gasteiger partial charge in [0.2, 0.25) is 0 Å². The first-order valence-electron chi connectivity index (χ1n) is 30.3. The molecule has 0 amide bonds. The van der Waals surface area contributed by atoms with Crippen LogP contribution in [0.25, 0.3) is 51.5 Å². The molecule has 0 atom stereocenters. The third kappa shape index (κ3) is 8.90. The van der Waals surface area contributed by atoms with Crippen molar-refractivity contribution in [3.63, 3.8) is 0 Å². The highest BCUT2D eigenvalue weighted by molar-refractivity contribution is 8.31. The maximum absolute atomic E-state index is 2.60. The number of fused-ring (bicyclic) bond motifs is 15. The number of anilines is 6. The van der Waals surface area contributed by atoms with Gasteiger partial charge < -0.3 is 9.80 Å². The van der Waals surface area contributed by atoms with Crippen LogP contribution in [0.1, 0.15) is 105 Å². The third-order valence-corrected chi connectivity index (χ3v) is 24.3. The zero-order valence-electron chi connectivity index (χ0n) is 52.0. The summed E-state index contributed by atoms with van der Waals surface area (Å²) in [6.45, 7) is 26.3. The summed E-state index contributed by atoms with van der Waals surface area (Å²) in [6.07, 6.45) is 7.26. The number of benzene rings is 10. The quantitative estimate of drug-likeness (QED) is 0.133. The van der Waals surface area contributed by atoms with Gasteiger partial charge in [-0.1, -0.05) is 226 Å². The van der Waals surface area contributed by atoms with E-state index >= 15 is 0 Å². The average Bonchev–Trinajstić information content (AvgIpc) is 1.61. The van der Waals surface area contributed by atoms with Crippen molar-refractivity contribution >= 4 is 120 Å². The highest BCUT2D eigenvalue weighted by Crippen LogP contribution is 2.64. The molecule has 0 unspecified atom stereocenters. The number of thiophene rings is 2. The Morgan fingerprint density at radius 2 is 0.776 bits per heavy atom. The fraction of sp³-hybridized carbons (Fsp3) is 0.241. The van der Waals surface area contributed by atoms with E-state index in [2.05, 4.69) is 310 Å². The van der Waals surface area contributed by atoms with E-state index in [0.29, 0.717) is 0 Å². The monoisotopic (exact) mass is 1180 g/mol. The van der Waals surface area contributed by atoms with E-state index in [1.807, 2.05) is 22.7 Å². The van der Waals surface area contributed by atoms with E-state index in [-0.39, 0.29) is 16.2 Å². The van der Waals surface area contributed by atoms with Gasteiger partial charge in [-0.15, -0.1) is 22.7 Å². The second kappa shape index (κ2) is 19.7. The lowest BCUT2D eigenvalue weighted by Gasteiger charge is -2.47. The molecule has 0 saturated heterocycles. The van der Waals surface area contributed by atoms with Crippen LogP contribution in [-0.4, -0.2) is 26.8 Å². The Bertz CT molecular complexity index is 4590. The minimum absolute atomic E-state index is 0.00612. The molecule has 2 aliphatic carbocycles. The van der Waals surface area contributed by atoms with Crippen LogP contribution in [0.15, 0.2) is 206 Å². The molecule has 2 heterocycles. The predicted molar refractivity (Wildman–Crippen MR) is 380 cm³/mol. The summed E-state index contributed by atoms with van der Waals surface area (Å²) in [5.41, 5.74) is 20.9. The van der Waals surface area contributed by atoms with Gasteiger partial charge in [0.25, 0.3) is 0 Å².